The maximum atomic E-state index is 4.10. The third kappa shape index (κ3) is 3.93. The average molecular weight is 222 g/mol. The molecule has 0 bridgehead atoms. The van der Waals surface area contributed by atoms with E-state index in [0.717, 1.165) is 19.1 Å². The fraction of sp³-hybridized carbons (Fsp3) is 0.833. The minimum atomic E-state index is 0.726. The normalized spacial score (nSPS) is 19.2. The molecule has 4 heteroatoms. The van der Waals surface area contributed by atoms with Crippen molar-refractivity contribution in [2.75, 3.05) is 6.54 Å². The predicted molar refractivity (Wildman–Crippen MR) is 64.1 cm³/mol. The lowest BCUT2D eigenvalue weighted by molar-refractivity contribution is 0.380. The number of aromatic nitrogens is 3. The van der Waals surface area contributed by atoms with Gasteiger partial charge in [-0.1, -0.05) is 32.1 Å². The summed E-state index contributed by atoms with van der Waals surface area (Å²) in [4.78, 5) is 3.94. The first-order chi connectivity index (χ1) is 7.95. The van der Waals surface area contributed by atoms with Crippen molar-refractivity contribution >= 4 is 0 Å². The topological polar surface area (TPSA) is 42.7 Å². The molecular formula is C12H22N4. The third-order valence-corrected chi connectivity index (χ3v) is 3.35. The molecule has 0 atom stereocenters. The molecule has 2 rings (SSSR count). The first-order valence-electron chi connectivity index (χ1n) is 6.51. The number of nitrogens with one attached hydrogen (secondary N) is 1. The van der Waals surface area contributed by atoms with Gasteiger partial charge in [-0.05, 0) is 12.8 Å². The molecule has 16 heavy (non-hydrogen) atoms. The SMILES string of the molecule is c1ncn(CCNC2CCCCCCC2)n1. The van der Waals surface area contributed by atoms with Gasteiger partial charge in [0.25, 0.3) is 0 Å². The average Bonchev–Trinajstić information content (AvgIpc) is 2.73. The van der Waals surface area contributed by atoms with E-state index in [1.807, 2.05) is 4.68 Å². The minimum absolute atomic E-state index is 0.726. The zero-order chi connectivity index (χ0) is 11.1. The molecule has 0 amide bonds. The molecule has 90 valence electrons. The summed E-state index contributed by atoms with van der Waals surface area (Å²) in [5, 5.41) is 7.74. The lowest BCUT2D eigenvalue weighted by Gasteiger charge is -2.20. The molecule has 1 aliphatic rings. The molecule has 0 radical (unpaired) electrons. The third-order valence-electron chi connectivity index (χ3n) is 3.35. The van der Waals surface area contributed by atoms with Crippen molar-refractivity contribution in [1.29, 1.82) is 0 Å². The van der Waals surface area contributed by atoms with Crippen LogP contribution in [0.4, 0.5) is 0 Å². The highest BCUT2D eigenvalue weighted by atomic mass is 15.3. The summed E-state index contributed by atoms with van der Waals surface area (Å²) in [6.07, 6.45) is 13.1. The first-order valence-corrected chi connectivity index (χ1v) is 6.51. The Bertz CT molecular complexity index is 263. The molecule has 0 spiro atoms. The van der Waals surface area contributed by atoms with Gasteiger partial charge in [-0.3, -0.25) is 4.68 Å². The molecule has 4 nitrogen and oxygen atoms in total. The van der Waals surface area contributed by atoms with E-state index in [9.17, 15) is 0 Å². The van der Waals surface area contributed by atoms with E-state index >= 15 is 0 Å². The van der Waals surface area contributed by atoms with Crippen molar-refractivity contribution in [1.82, 2.24) is 20.1 Å². The summed E-state index contributed by atoms with van der Waals surface area (Å²) < 4.78 is 1.88. The van der Waals surface area contributed by atoms with Crippen LogP contribution in [0, 0.1) is 0 Å². The van der Waals surface area contributed by atoms with Crippen molar-refractivity contribution < 1.29 is 0 Å². The zero-order valence-electron chi connectivity index (χ0n) is 9.94. The van der Waals surface area contributed by atoms with Gasteiger partial charge in [0.1, 0.15) is 12.7 Å². The lowest BCUT2D eigenvalue weighted by atomic mass is 9.97. The number of rotatable bonds is 4. The van der Waals surface area contributed by atoms with Gasteiger partial charge in [-0.15, -0.1) is 0 Å². The van der Waals surface area contributed by atoms with Crippen molar-refractivity contribution in [2.24, 2.45) is 0 Å². The highest BCUT2D eigenvalue weighted by Crippen LogP contribution is 2.16. The molecule has 1 aromatic rings. The molecule has 1 fully saturated rings. The summed E-state index contributed by atoms with van der Waals surface area (Å²) in [6, 6.07) is 0.726. The van der Waals surface area contributed by atoms with Crippen LogP contribution in [0.1, 0.15) is 44.9 Å². The van der Waals surface area contributed by atoms with Crippen LogP contribution < -0.4 is 5.32 Å². The molecular weight excluding hydrogens is 200 g/mol. The lowest BCUT2D eigenvalue weighted by Crippen LogP contribution is -2.32. The molecule has 1 N–H and O–H groups in total. The quantitative estimate of drug-likeness (QED) is 0.847. The molecule has 1 saturated carbocycles. The second-order valence-electron chi connectivity index (χ2n) is 4.65. The highest BCUT2D eigenvalue weighted by molar-refractivity contribution is 4.70. The van der Waals surface area contributed by atoms with Crippen molar-refractivity contribution in [2.45, 2.75) is 57.5 Å². The molecule has 0 unspecified atom stereocenters. The van der Waals surface area contributed by atoms with Crippen LogP contribution in [0.5, 0.6) is 0 Å². The van der Waals surface area contributed by atoms with Crippen LogP contribution in [0.2, 0.25) is 0 Å². The van der Waals surface area contributed by atoms with Crippen molar-refractivity contribution in [3.63, 3.8) is 0 Å². The van der Waals surface area contributed by atoms with Gasteiger partial charge < -0.3 is 5.32 Å². The minimum Gasteiger partial charge on any atom is -0.312 e. The largest absolute Gasteiger partial charge is 0.312 e. The summed E-state index contributed by atoms with van der Waals surface area (Å²) in [7, 11) is 0. The fourth-order valence-corrected chi connectivity index (χ4v) is 2.39. The Morgan fingerprint density at radius 1 is 1.12 bits per heavy atom. The Morgan fingerprint density at radius 3 is 2.56 bits per heavy atom. The monoisotopic (exact) mass is 222 g/mol. The Balaban J connectivity index is 1.64. The van der Waals surface area contributed by atoms with E-state index in [1.165, 1.54) is 44.9 Å². The van der Waals surface area contributed by atoms with Crippen molar-refractivity contribution in [3.8, 4) is 0 Å². The molecule has 1 aromatic heterocycles. The van der Waals surface area contributed by atoms with E-state index in [2.05, 4.69) is 15.4 Å². The van der Waals surface area contributed by atoms with E-state index in [4.69, 9.17) is 0 Å². The number of hydrogen-bond donors (Lipinski definition) is 1. The Labute approximate surface area is 97.5 Å². The first kappa shape index (κ1) is 11.6. The summed E-state index contributed by atoms with van der Waals surface area (Å²) in [5.74, 6) is 0. The van der Waals surface area contributed by atoms with Gasteiger partial charge in [0.05, 0.1) is 6.54 Å². The highest BCUT2D eigenvalue weighted by Gasteiger charge is 2.09. The van der Waals surface area contributed by atoms with Crippen LogP contribution in [0.25, 0.3) is 0 Å². The maximum absolute atomic E-state index is 4.10. The van der Waals surface area contributed by atoms with Crippen LogP contribution >= 0.6 is 0 Å². The molecule has 0 aliphatic heterocycles. The second kappa shape index (κ2) is 6.63. The Morgan fingerprint density at radius 2 is 1.88 bits per heavy atom. The van der Waals surface area contributed by atoms with Gasteiger partial charge >= 0.3 is 0 Å². The van der Waals surface area contributed by atoms with E-state index < -0.39 is 0 Å². The van der Waals surface area contributed by atoms with Crippen molar-refractivity contribution in [3.05, 3.63) is 12.7 Å². The number of hydrogen-bond acceptors (Lipinski definition) is 3. The maximum Gasteiger partial charge on any atom is 0.137 e. The zero-order valence-corrected chi connectivity index (χ0v) is 9.94. The van der Waals surface area contributed by atoms with E-state index in [1.54, 1.807) is 12.7 Å². The summed E-state index contributed by atoms with van der Waals surface area (Å²) in [5.41, 5.74) is 0. The Hall–Kier alpha value is -0.900. The molecule has 1 aliphatic carbocycles. The van der Waals surface area contributed by atoms with Gasteiger partial charge in [0, 0.05) is 12.6 Å². The van der Waals surface area contributed by atoms with Crippen LogP contribution in [0.15, 0.2) is 12.7 Å². The summed E-state index contributed by atoms with van der Waals surface area (Å²) >= 11 is 0. The van der Waals surface area contributed by atoms with Gasteiger partial charge in [-0.2, -0.15) is 5.10 Å². The smallest absolute Gasteiger partial charge is 0.137 e. The number of nitrogens with zero attached hydrogens (tertiary/aromatic N) is 3. The predicted octanol–water partition coefficient (Wildman–Crippen LogP) is 1.98. The summed E-state index contributed by atoms with van der Waals surface area (Å²) in [6.45, 7) is 1.94. The van der Waals surface area contributed by atoms with Crippen LogP contribution in [-0.4, -0.2) is 27.4 Å². The fourth-order valence-electron chi connectivity index (χ4n) is 2.39. The van der Waals surface area contributed by atoms with Gasteiger partial charge in [0.15, 0.2) is 0 Å². The van der Waals surface area contributed by atoms with E-state index in [0.29, 0.717) is 0 Å². The second-order valence-corrected chi connectivity index (χ2v) is 4.65. The van der Waals surface area contributed by atoms with Gasteiger partial charge in [-0.25, -0.2) is 4.98 Å². The van der Waals surface area contributed by atoms with Crippen LogP contribution in [0.3, 0.4) is 0 Å². The Kier molecular flexibility index (Phi) is 4.80. The standard InChI is InChI=1S/C12H22N4/c1-2-4-6-12(7-5-3-1)14-8-9-16-11-13-10-15-16/h10-12,14H,1-9H2. The molecule has 1 heterocycles. The van der Waals surface area contributed by atoms with E-state index in [-0.39, 0.29) is 0 Å². The molecule has 0 aromatic carbocycles. The molecule has 0 saturated heterocycles. The van der Waals surface area contributed by atoms with Gasteiger partial charge in [0.2, 0.25) is 0 Å². The van der Waals surface area contributed by atoms with Crippen LogP contribution in [-0.2, 0) is 6.54 Å².